The number of hydrogen-bond donors (Lipinski definition) is 3. The van der Waals surface area contributed by atoms with Crippen molar-refractivity contribution in [3.63, 3.8) is 0 Å². The Balaban J connectivity index is 1.55. The lowest BCUT2D eigenvalue weighted by atomic mass is 10.2. The van der Waals surface area contributed by atoms with Crippen molar-refractivity contribution >= 4 is 62.0 Å². The Morgan fingerprint density at radius 1 is 1.37 bits per heavy atom. The topological polar surface area (TPSA) is 122 Å². The molecule has 0 saturated carbocycles. The van der Waals surface area contributed by atoms with Gasteiger partial charge in [0.15, 0.2) is 5.65 Å². The van der Waals surface area contributed by atoms with Gasteiger partial charge in [-0.3, -0.25) is 4.79 Å². The average molecular weight is 400 g/mol. The van der Waals surface area contributed by atoms with Crippen LogP contribution in [0.2, 0.25) is 0 Å². The second-order valence-electron chi connectivity index (χ2n) is 5.91. The number of thiazole rings is 1. The highest BCUT2D eigenvalue weighted by atomic mass is 32.2. The number of thioether (sulfide) groups is 1. The molecule has 4 aromatic rings. The normalized spacial score (nSPS) is 12.5. The summed E-state index contributed by atoms with van der Waals surface area (Å²) in [5.41, 5.74) is 8.63. The van der Waals surface area contributed by atoms with Gasteiger partial charge in [-0.25, -0.2) is 15.0 Å². The van der Waals surface area contributed by atoms with Crippen LogP contribution in [0, 0.1) is 6.92 Å². The summed E-state index contributed by atoms with van der Waals surface area (Å²) in [5.74, 6) is 0.0475. The van der Waals surface area contributed by atoms with Crippen LogP contribution in [0.15, 0.2) is 29.6 Å². The molecule has 1 atom stereocenters. The summed E-state index contributed by atoms with van der Waals surface area (Å²) in [5, 5.41) is 4.28. The van der Waals surface area contributed by atoms with E-state index in [4.69, 9.17) is 5.73 Å². The lowest BCUT2D eigenvalue weighted by Crippen LogP contribution is -2.24. The largest absolute Gasteiger partial charge is 0.368 e. The summed E-state index contributed by atoms with van der Waals surface area (Å²) >= 11 is 2.95. The number of H-pyrrole nitrogens is 1. The number of amides is 1. The predicted octanol–water partition coefficient (Wildman–Crippen LogP) is 3.36. The van der Waals surface area contributed by atoms with Gasteiger partial charge in [0.25, 0.3) is 0 Å². The minimum absolute atomic E-state index is 0.0899. The predicted molar refractivity (Wildman–Crippen MR) is 109 cm³/mol. The van der Waals surface area contributed by atoms with Crippen molar-refractivity contribution in [3.05, 3.63) is 29.5 Å². The second-order valence-corrected chi connectivity index (χ2v) is 8.33. The Bertz CT molecular complexity index is 1140. The zero-order valence-corrected chi connectivity index (χ0v) is 16.3. The number of nitrogen functional groups attached to an aromatic ring is 1. The number of rotatable bonds is 5. The molecule has 27 heavy (non-hydrogen) atoms. The van der Waals surface area contributed by atoms with Crippen LogP contribution in [-0.4, -0.2) is 36.1 Å². The first-order valence-electron chi connectivity index (χ1n) is 8.35. The van der Waals surface area contributed by atoms with E-state index < -0.39 is 0 Å². The summed E-state index contributed by atoms with van der Waals surface area (Å²) < 4.78 is 1.05. The van der Waals surface area contributed by atoms with E-state index >= 15 is 0 Å². The van der Waals surface area contributed by atoms with Crippen molar-refractivity contribution < 1.29 is 4.79 Å². The molecule has 0 saturated heterocycles. The van der Waals surface area contributed by atoms with E-state index in [0.717, 1.165) is 20.9 Å². The number of aromatic amines is 1. The maximum Gasteiger partial charge on any atom is 0.237 e. The molecule has 3 aromatic heterocycles. The van der Waals surface area contributed by atoms with Crippen LogP contribution in [0.25, 0.3) is 21.4 Å². The molecule has 4 N–H and O–H groups in total. The fourth-order valence-corrected chi connectivity index (χ4v) is 4.59. The SMILES string of the molecule is CC[C@@H](Sc1nc(N)nc2nc[nH]c12)C(=O)Nc1ccc2nc(C)sc2c1. The average Bonchev–Trinajstić information content (AvgIpc) is 3.24. The number of fused-ring (bicyclic) bond motifs is 2. The molecular weight excluding hydrogens is 382 g/mol. The maximum atomic E-state index is 12.8. The van der Waals surface area contributed by atoms with Crippen molar-refractivity contribution in [1.82, 2.24) is 24.9 Å². The Kier molecular flexibility index (Phi) is 4.66. The van der Waals surface area contributed by atoms with Gasteiger partial charge < -0.3 is 16.0 Å². The van der Waals surface area contributed by atoms with Gasteiger partial charge in [0.05, 0.1) is 26.8 Å². The van der Waals surface area contributed by atoms with Crippen LogP contribution < -0.4 is 11.1 Å². The third-order valence-corrected chi connectivity index (χ3v) is 6.23. The summed E-state index contributed by atoms with van der Waals surface area (Å²) in [6.45, 7) is 3.93. The number of anilines is 2. The molecule has 0 bridgehead atoms. The van der Waals surface area contributed by atoms with E-state index in [1.807, 2.05) is 32.0 Å². The van der Waals surface area contributed by atoms with Gasteiger partial charge in [0.1, 0.15) is 10.5 Å². The Labute approximate surface area is 163 Å². The van der Waals surface area contributed by atoms with E-state index in [1.165, 1.54) is 18.1 Å². The first-order valence-corrected chi connectivity index (χ1v) is 10.0. The minimum atomic E-state index is -0.329. The van der Waals surface area contributed by atoms with Gasteiger partial charge in [-0.05, 0) is 31.5 Å². The van der Waals surface area contributed by atoms with Crippen LogP contribution in [0.3, 0.4) is 0 Å². The van der Waals surface area contributed by atoms with E-state index in [1.54, 1.807) is 11.3 Å². The molecule has 0 aliphatic rings. The monoisotopic (exact) mass is 399 g/mol. The van der Waals surface area contributed by atoms with Crippen LogP contribution in [-0.2, 0) is 4.79 Å². The Hall–Kier alpha value is -2.72. The standard InChI is InChI=1S/C17H17N7OS2/c1-3-11(27-16-13-14(20-7-19-13)23-17(18)24-16)15(25)22-9-4-5-10-12(6-9)26-8(2)21-10/h4-7,11H,3H2,1-2H3,(H,22,25)(H3,18,19,20,23,24)/t11-/m1/s1. The molecule has 4 rings (SSSR count). The highest BCUT2D eigenvalue weighted by Crippen LogP contribution is 2.30. The molecule has 8 nitrogen and oxygen atoms in total. The number of aryl methyl sites for hydroxylation is 1. The van der Waals surface area contributed by atoms with Crippen LogP contribution in [0.5, 0.6) is 0 Å². The molecule has 10 heteroatoms. The zero-order chi connectivity index (χ0) is 19.0. The molecule has 138 valence electrons. The molecule has 0 aliphatic carbocycles. The molecule has 0 radical (unpaired) electrons. The van der Waals surface area contributed by atoms with Crippen molar-refractivity contribution in [3.8, 4) is 0 Å². The first kappa shape index (κ1) is 17.7. The molecule has 0 aliphatic heterocycles. The van der Waals surface area contributed by atoms with E-state index in [0.29, 0.717) is 22.6 Å². The molecule has 0 unspecified atom stereocenters. The van der Waals surface area contributed by atoms with Gasteiger partial charge in [0.2, 0.25) is 11.9 Å². The number of carbonyl (C=O) groups excluding carboxylic acids is 1. The van der Waals surface area contributed by atoms with Crippen molar-refractivity contribution in [2.45, 2.75) is 30.5 Å². The summed E-state index contributed by atoms with van der Waals surface area (Å²) in [7, 11) is 0. The van der Waals surface area contributed by atoms with E-state index in [2.05, 4.69) is 30.2 Å². The van der Waals surface area contributed by atoms with Gasteiger partial charge in [-0.2, -0.15) is 4.98 Å². The first-order chi connectivity index (χ1) is 13.0. The number of carbonyl (C=O) groups is 1. The van der Waals surface area contributed by atoms with Gasteiger partial charge in [-0.1, -0.05) is 18.7 Å². The lowest BCUT2D eigenvalue weighted by Gasteiger charge is -2.14. The third-order valence-electron chi connectivity index (χ3n) is 3.95. The number of benzene rings is 1. The third kappa shape index (κ3) is 3.58. The number of aromatic nitrogens is 5. The maximum absolute atomic E-state index is 12.8. The minimum Gasteiger partial charge on any atom is -0.368 e. The highest BCUT2D eigenvalue weighted by molar-refractivity contribution is 8.00. The lowest BCUT2D eigenvalue weighted by molar-refractivity contribution is -0.115. The molecule has 3 heterocycles. The molecule has 0 fully saturated rings. The zero-order valence-electron chi connectivity index (χ0n) is 14.7. The van der Waals surface area contributed by atoms with Crippen LogP contribution in [0.4, 0.5) is 11.6 Å². The van der Waals surface area contributed by atoms with Gasteiger partial charge in [-0.15, -0.1) is 11.3 Å². The fraction of sp³-hybridized carbons (Fsp3) is 0.235. The number of nitrogens with two attached hydrogens (primary N) is 1. The molecule has 1 aromatic carbocycles. The summed E-state index contributed by atoms with van der Waals surface area (Å²) in [4.78, 5) is 32.7. The van der Waals surface area contributed by atoms with E-state index in [9.17, 15) is 4.79 Å². The summed E-state index contributed by atoms with van der Waals surface area (Å²) in [6, 6.07) is 5.74. The number of nitrogens with zero attached hydrogens (tertiary/aromatic N) is 4. The van der Waals surface area contributed by atoms with Crippen LogP contribution in [0.1, 0.15) is 18.4 Å². The fourth-order valence-electron chi connectivity index (χ4n) is 2.71. The Morgan fingerprint density at radius 3 is 3.04 bits per heavy atom. The highest BCUT2D eigenvalue weighted by Gasteiger charge is 2.21. The van der Waals surface area contributed by atoms with Gasteiger partial charge >= 0.3 is 0 Å². The van der Waals surface area contributed by atoms with E-state index in [-0.39, 0.29) is 17.1 Å². The molecular formula is C17H17N7OS2. The van der Waals surface area contributed by atoms with Crippen LogP contribution >= 0.6 is 23.1 Å². The number of imidazole rings is 1. The summed E-state index contributed by atoms with van der Waals surface area (Å²) in [6.07, 6.45) is 2.17. The number of hydrogen-bond acceptors (Lipinski definition) is 8. The van der Waals surface area contributed by atoms with Crippen molar-refractivity contribution in [1.29, 1.82) is 0 Å². The van der Waals surface area contributed by atoms with Crippen molar-refractivity contribution in [2.24, 2.45) is 0 Å². The molecule has 0 spiro atoms. The quantitative estimate of drug-likeness (QED) is 0.347. The molecule has 1 amide bonds. The van der Waals surface area contributed by atoms with Gasteiger partial charge in [0, 0.05) is 5.69 Å². The van der Waals surface area contributed by atoms with Crippen molar-refractivity contribution in [2.75, 3.05) is 11.1 Å². The smallest absolute Gasteiger partial charge is 0.237 e. The Morgan fingerprint density at radius 2 is 2.22 bits per heavy atom. The second kappa shape index (κ2) is 7.12. The number of nitrogens with one attached hydrogen (secondary N) is 2.